The summed E-state index contributed by atoms with van der Waals surface area (Å²) in [7, 11) is 0. The monoisotopic (exact) mass is 613 g/mol. The van der Waals surface area contributed by atoms with Gasteiger partial charge in [0.25, 0.3) is 5.56 Å². The Morgan fingerprint density at radius 2 is 1.67 bits per heavy atom. The zero-order chi connectivity index (χ0) is 32.4. The van der Waals surface area contributed by atoms with Crippen molar-refractivity contribution in [2.45, 2.75) is 90.2 Å². The van der Waals surface area contributed by atoms with Crippen molar-refractivity contribution < 1.29 is 48.0 Å². The van der Waals surface area contributed by atoms with Gasteiger partial charge in [0.15, 0.2) is 24.5 Å². The Morgan fingerprint density at radius 1 is 1.05 bits per heavy atom. The number of nitrogens with two attached hydrogens (primary N) is 1. The Hall–Kier alpha value is -4.09. The molecule has 1 unspecified atom stereocenters. The molecule has 1 saturated heterocycles. The fraction of sp³-hybridized carbons (Fsp3) is 0.654. The molecule has 1 fully saturated rings. The third-order valence-corrected chi connectivity index (χ3v) is 6.25. The van der Waals surface area contributed by atoms with Gasteiger partial charge in [-0.15, -0.1) is 0 Å². The molecule has 1 aromatic heterocycles. The minimum absolute atomic E-state index is 0.00949. The number of carbonyl (C=O) groups is 5. The van der Waals surface area contributed by atoms with E-state index in [1.54, 1.807) is 0 Å². The predicted octanol–water partition coefficient (Wildman–Crippen LogP) is -1.85. The molecule has 0 spiro atoms. The summed E-state index contributed by atoms with van der Waals surface area (Å²) in [5.41, 5.74) is 4.16. The summed E-state index contributed by atoms with van der Waals surface area (Å²) in [5.74, 6) is -4.27. The summed E-state index contributed by atoms with van der Waals surface area (Å²) < 4.78 is 22.8. The Labute approximate surface area is 246 Å². The van der Waals surface area contributed by atoms with Gasteiger partial charge in [0.1, 0.15) is 12.1 Å². The molecule has 0 aromatic carbocycles. The molecule has 6 N–H and O–H groups in total. The zero-order valence-corrected chi connectivity index (χ0v) is 24.6. The summed E-state index contributed by atoms with van der Waals surface area (Å²) in [6.45, 7) is 7.13. The number of carbonyl (C=O) groups excluding carboxylic acids is 4. The number of aliphatic carboxylic acids is 1. The maximum atomic E-state index is 12.6. The molecule has 1 aliphatic rings. The normalized spacial score (nSPS) is 21.8. The summed E-state index contributed by atoms with van der Waals surface area (Å²) in [5, 5.41) is 15.5. The highest BCUT2D eigenvalue weighted by molar-refractivity contribution is 5.81. The smallest absolute Gasteiger partial charge is 0.330 e. The second-order valence-corrected chi connectivity index (χ2v) is 10.4. The number of carboxylic acid groups (broad SMARTS) is 1. The topological polar surface area (TPSA) is 247 Å². The lowest BCUT2D eigenvalue weighted by atomic mass is 9.98. The number of ether oxygens (including phenoxy) is 4. The summed E-state index contributed by atoms with van der Waals surface area (Å²) >= 11 is 0. The van der Waals surface area contributed by atoms with Crippen LogP contribution in [0, 0.1) is 5.92 Å². The number of hydrogen-bond acceptors (Lipinski definition) is 13. The largest absolute Gasteiger partial charge is 0.480 e. The number of H-pyrrole nitrogens is 1. The number of esters is 3. The highest BCUT2D eigenvalue weighted by Gasteiger charge is 2.56. The van der Waals surface area contributed by atoms with Crippen molar-refractivity contribution in [2.75, 3.05) is 13.1 Å². The van der Waals surface area contributed by atoms with Gasteiger partial charge >= 0.3 is 29.6 Å². The number of nitrogens with zero attached hydrogens (tertiary/aromatic N) is 1. The molecule has 240 valence electrons. The van der Waals surface area contributed by atoms with E-state index < -0.39 is 77.9 Å². The molecule has 0 aliphatic carbocycles. The number of carboxylic acids is 1. The number of nitrogens with one attached hydrogen (secondary N) is 3. The van der Waals surface area contributed by atoms with E-state index >= 15 is 0 Å². The van der Waals surface area contributed by atoms with Gasteiger partial charge in [-0.25, -0.2) is 4.79 Å². The first-order valence-corrected chi connectivity index (χ1v) is 13.6. The highest BCUT2D eigenvalue weighted by Crippen LogP contribution is 2.36. The van der Waals surface area contributed by atoms with Crippen LogP contribution < -0.4 is 27.6 Å². The number of hydrogen-bond donors (Lipinski definition) is 5. The first-order valence-electron chi connectivity index (χ1n) is 13.6. The average molecular weight is 614 g/mol. The third kappa shape index (κ3) is 10.3. The van der Waals surface area contributed by atoms with Crippen LogP contribution in [0.2, 0.25) is 0 Å². The van der Waals surface area contributed by atoms with Crippen molar-refractivity contribution in [3.8, 4) is 0 Å². The lowest BCUT2D eigenvalue weighted by Crippen LogP contribution is -2.57. The van der Waals surface area contributed by atoms with E-state index in [9.17, 15) is 38.7 Å². The second kappa shape index (κ2) is 15.9. The predicted molar refractivity (Wildman–Crippen MR) is 146 cm³/mol. The Bertz CT molecular complexity index is 1280. The van der Waals surface area contributed by atoms with Gasteiger partial charge in [0.05, 0.1) is 6.04 Å². The van der Waals surface area contributed by atoms with Gasteiger partial charge in [-0.05, 0) is 25.3 Å². The minimum Gasteiger partial charge on any atom is -0.480 e. The lowest BCUT2D eigenvalue weighted by molar-refractivity contribution is -0.175. The number of aromatic nitrogens is 2. The van der Waals surface area contributed by atoms with Gasteiger partial charge < -0.3 is 40.4 Å². The van der Waals surface area contributed by atoms with Crippen molar-refractivity contribution in [1.82, 2.24) is 20.2 Å². The van der Waals surface area contributed by atoms with E-state index in [2.05, 4.69) is 10.6 Å². The maximum absolute atomic E-state index is 12.6. The lowest BCUT2D eigenvalue weighted by Gasteiger charge is -2.31. The van der Waals surface area contributed by atoms with Crippen molar-refractivity contribution >= 4 is 29.8 Å². The summed E-state index contributed by atoms with van der Waals surface area (Å²) in [6.07, 6.45) is -6.09. The van der Waals surface area contributed by atoms with Gasteiger partial charge in [0, 0.05) is 39.6 Å². The molecule has 7 atom stereocenters. The number of rotatable bonds is 15. The van der Waals surface area contributed by atoms with E-state index in [-0.39, 0.29) is 31.3 Å². The summed E-state index contributed by atoms with van der Waals surface area (Å²) in [6, 6.07) is -1.36. The molecule has 43 heavy (non-hydrogen) atoms. The van der Waals surface area contributed by atoms with E-state index in [0.29, 0.717) is 6.42 Å². The molecule has 0 radical (unpaired) electrons. The SMILES string of the molecule is CC(=O)O[C@H]1[C@@H](OC(C)=O)[C@H](n2ccc(=O)[nH]c2=O)O[C@@H]1[C@H](OC(C)=O)C(NCCCNC(=O)[C@@H](N)CC(C)C)C(=O)O. The average Bonchev–Trinajstić information content (AvgIpc) is 3.20. The van der Waals surface area contributed by atoms with E-state index in [0.717, 1.165) is 37.6 Å². The third-order valence-electron chi connectivity index (χ3n) is 6.25. The number of amides is 1. The van der Waals surface area contributed by atoms with Gasteiger partial charge in [-0.1, -0.05) is 13.8 Å². The molecule has 17 nitrogen and oxygen atoms in total. The minimum atomic E-state index is -1.69. The zero-order valence-electron chi connectivity index (χ0n) is 24.6. The first kappa shape index (κ1) is 35.1. The van der Waals surface area contributed by atoms with Crippen LogP contribution in [0.15, 0.2) is 21.9 Å². The van der Waals surface area contributed by atoms with Crippen molar-refractivity contribution in [3.05, 3.63) is 33.1 Å². The molecule has 2 heterocycles. The van der Waals surface area contributed by atoms with Crippen LogP contribution in [0.4, 0.5) is 0 Å². The Balaban J connectivity index is 2.36. The van der Waals surface area contributed by atoms with Gasteiger partial charge in [0.2, 0.25) is 5.91 Å². The van der Waals surface area contributed by atoms with Crippen LogP contribution in [0.1, 0.15) is 53.7 Å². The second-order valence-electron chi connectivity index (χ2n) is 10.4. The molecule has 17 heteroatoms. The van der Waals surface area contributed by atoms with Crippen molar-refractivity contribution in [2.24, 2.45) is 11.7 Å². The van der Waals surface area contributed by atoms with Gasteiger partial charge in [-0.3, -0.25) is 38.3 Å². The van der Waals surface area contributed by atoms with Crippen molar-refractivity contribution in [1.29, 1.82) is 0 Å². The fourth-order valence-electron chi connectivity index (χ4n) is 4.59. The van der Waals surface area contributed by atoms with Crippen molar-refractivity contribution in [3.63, 3.8) is 0 Å². The molecule has 1 aromatic rings. The molecule has 0 saturated carbocycles. The molecular weight excluding hydrogens is 574 g/mol. The van der Waals surface area contributed by atoms with Crippen LogP contribution in [0.5, 0.6) is 0 Å². The van der Waals surface area contributed by atoms with Crippen LogP contribution in [-0.4, -0.2) is 94.0 Å². The summed E-state index contributed by atoms with van der Waals surface area (Å²) in [4.78, 5) is 87.0. The molecular formula is C26H39N5O12. The van der Waals surface area contributed by atoms with E-state index in [4.69, 9.17) is 24.7 Å². The fourth-order valence-corrected chi connectivity index (χ4v) is 4.59. The quantitative estimate of drug-likeness (QED) is 0.0828. The first-order chi connectivity index (χ1) is 20.1. The van der Waals surface area contributed by atoms with Crippen LogP contribution in [-0.2, 0) is 42.9 Å². The molecule has 1 amide bonds. The highest BCUT2D eigenvalue weighted by atomic mass is 16.7. The standard InChI is InChI=1S/C26H39N5O12/c1-12(2)11-16(27)23(36)29-9-6-8-28-18(25(37)38)19(40-13(3)32)20-21(41-14(4)33)22(42-15(5)34)24(43-20)31-10-7-17(35)30-26(31)39/h7,10,12,16,18-22,24,28H,6,8-9,11,27H2,1-5H3,(H,29,36)(H,37,38)(H,30,35,39)/t16-,18?,19+,20+,21+,22+,24+/m0/s1. The Kier molecular flexibility index (Phi) is 13.0. The van der Waals surface area contributed by atoms with Gasteiger partial charge in [-0.2, -0.15) is 0 Å². The van der Waals surface area contributed by atoms with Crippen LogP contribution >= 0.6 is 0 Å². The molecule has 2 rings (SSSR count). The molecule has 0 bridgehead atoms. The van der Waals surface area contributed by atoms with Crippen LogP contribution in [0.25, 0.3) is 0 Å². The van der Waals surface area contributed by atoms with E-state index in [1.807, 2.05) is 18.8 Å². The van der Waals surface area contributed by atoms with E-state index in [1.165, 1.54) is 0 Å². The molecule has 1 aliphatic heterocycles. The van der Waals surface area contributed by atoms with Crippen LogP contribution in [0.3, 0.4) is 0 Å². The maximum Gasteiger partial charge on any atom is 0.330 e. The Morgan fingerprint density at radius 3 is 2.21 bits per heavy atom. The number of aromatic amines is 1.